The maximum absolute atomic E-state index is 5.86. The molecule has 2 heterocycles. The molecule has 0 aliphatic rings. The highest BCUT2D eigenvalue weighted by atomic mass is 35.5. The molecule has 2 aromatic heterocycles. The Morgan fingerprint density at radius 2 is 2.33 bits per heavy atom. The second-order valence-corrected chi connectivity index (χ2v) is 3.97. The van der Waals surface area contributed by atoms with Gasteiger partial charge in [0.2, 0.25) is 0 Å². The molecule has 0 aliphatic heterocycles. The number of thiazole rings is 1. The maximum Gasteiger partial charge on any atom is 0.190 e. The van der Waals surface area contributed by atoms with Gasteiger partial charge in [0.1, 0.15) is 10.3 Å². The molecule has 0 saturated carbocycles. The van der Waals surface area contributed by atoms with Crippen LogP contribution in [0.4, 0.5) is 0 Å². The van der Waals surface area contributed by atoms with Crippen molar-refractivity contribution in [2.24, 2.45) is 0 Å². The summed E-state index contributed by atoms with van der Waals surface area (Å²) in [6, 6.07) is 0. The zero-order chi connectivity index (χ0) is 8.55. The van der Waals surface area contributed by atoms with Gasteiger partial charge in [-0.05, 0) is 6.26 Å². The van der Waals surface area contributed by atoms with Gasteiger partial charge in [-0.1, -0.05) is 23.4 Å². The second kappa shape index (κ2) is 3.16. The largest absolute Gasteiger partial charge is 0.240 e. The highest BCUT2D eigenvalue weighted by Crippen LogP contribution is 2.24. The van der Waals surface area contributed by atoms with Crippen molar-refractivity contribution in [1.82, 2.24) is 15.0 Å². The summed E-state index contributed by atoms with van der Waals surface area (Å²) in [6.07, 6.45) is 1.92. The van der Waals surface area contributed by atoms with E-state index in [1.807, 2.05) is 6.26 Å². The van der Waals surface area contributed by atoms with E-state index in [1.54, 1.807) is 5.51 Å². The van der Waals surface area contributed by atoms with Gasteiger partial charge in [-0.25, -0.2) is 15.0 Å². The maximum atomic E-state index is 5.86. The number of hydrogen-bond donors (Lipinski definition) is 0. The molecule has 3 nitrogen and oxygen atoms in total. The van der Waals surface area contributed by atoms with Crippen LogP contribution in [-0.4, -0.2) is 21.2 Å². The van der Waals surface area contributed by atoms with E-state index >= 15 is 0 Å². The number of fused-ring (bicyclic) bond motifs is 1. The van der Waals surface area contributed by atoms with E-state index in [1.165, 1.54) is 23.1 Å². The van der Waals surface area contributed by atoms with Crippen molar-refractivity contribution in [3.05, 3.63) is 10.7 Å². The van der Waals surface area contributed by atoms with Crippen LogP contribution in [0.1, 0.15) is 0 Å². The van der Waals surface area contributed by atoms with E-state index in [2.05, 4.69) is 15.0 Å². The first kappa shape index (κ1) is 8.22. The minimum Gasteiger partial charge on any atom is -0.240 e. The lowest BCUT2D eigenvalue weighted by atomic mass is 10.6. The smallest absolute Gasteiger partial charge is 0.190 e. The number of halogens is 1. The second-order valence-electron chi connectivity index (χ2n) is 2.01. The van der Waals surface area contributed by atoms with Gasteiger partial charge in [0.25, 0.3) is 0 Å². The van der Waals surface area contributed by atoms with Gasteiger partial charge < -0.3 is 0 Å². The van der Waals surface area contributed by atoms with E-state index in [4.69, 9.17) is 11.6 Å². The van der Waals surface area contributed by atoms with E-state index in [0.29, 0.717) is 15.8 Å². The van der Waals surface area contributed by atoms with E-state index < -0.39 is 0 Å². The summed E-state index contributed by atoms with van der Waals surface area (Å²) < 4.78 is 0. The molecule has 0 unspecified atom stereocenters. The quantitative estimate of drug-likeness (QED) is 0.418. The molecular formula is C6H4ClN3S2. The van der Waals surface area contributed by atoms with Gasteiger partial charge in [-0.2, -0.15) is 0 Å². The fraction of sp³-hybridized carbons (Fsp3) is 0.167. The Bertz CT molecular complexity index is 414. The number of hydrogen-bond acceptors (Lipinski definition) is 5. The van der Waals surface area contributed by atoms with Crippen LogP contribution in [0.25, 0.3) is 10.3 Å². The summed E-state index contributed by atoms with van der Waals surface area (Å²) in [5.74, 6) is 0. The van der Waals surface area contributed by atoms with Gasteiger partial charge in [0.15, 0.2) is 10.3 Å². The molecule has 0 amide bonds. The molecule has 0 bridgehead atoms. The molecule has 12 heavy (non-hydrogen) atoms. The van der Waals surface area contributed by atoms with Gasteiger partial charge in [-0.15, -0.1) is 11.3 Å². The molecule has 6 heteroatoms. The van der Waals surface area contributed by atoms with Crippen molar-refractivity contribution in [3.63, 3.8) is 0 Å². The Labute approximate surface area is 82.2 Å². The summed E-state index contributed by atoms with van der Waals surface area (Å²) in [7, 11) is 0. The lowest BCUT2D eigenvalue weighted by Gasteiger charge is -1.94. The Hall–Kier alpha value is -0.390. The Balaban J connectivity index is 2.75. The van der Waals surface area contributed by atoms with Crippen molar-refractivity contribution in [3.8, 4) is 0 Å². The molecule has 0 saturated heterocycles. The first-order chi connectivity index (χ1) is 5.81. The van der Waals surface area contributed by atoms with Crippen molar-refractivity contribution in [1.29, 1.82) is 0 Å². The summed E-state index contributed by atoms with van der Waals surface area (Å²) in [5, 5.41) is 1.13. The van der Waals surface area contributed by atoms with Crippen LogP contribution in [0.3, 0.4) is 0 Å². The molecule has 62 valence electrons. The third kappa shape index (κ3) is 1.28. The van der Waals surface area contributed by atoms with Crippen LogP contribution >= 0.6 is 34.7 Å². The first-order valence-corrected chi connectivity index (χ1v) is 5.60. The van der Waals surface area contributed by atoms with Gasteiger partial charge in [0.05, 0.1) is 5.51 Å². The lowest BCUT2D eigenvalue weighted by Crippen LogP contribution is -1.86. The molecule has 0 fully saturated rings. The summed E-state index contributed by atoms with van der Waals surface area (Å²) >= 11 is 8.81. The van der Waals surface area contributed by atoms with Crippen molar-refractivity contribution >= 4 is 45.0 Å². The van der Waals surface area contributed by atoms with Crippen LogP contribution in [-0.2, 0) is 0 Å². The SMILES string of the molecule is CSc1nc(Cl)c2ncsc2n1. The van der Waals surface area contributed by atoms with Gasteiger partial charge in [-0.3, -0.25) is 0 Å². The summed E-state index contributed by atoms with van der Waals surface area (Å²) in [4.78, 5) is 13.2. The molecule has 0 spiro atoms. The van der Waals surface area contributed by atoms with Crippen LogP contribution in [0.2, 0.25) is 5.15 Å². The van der Waals surface area contributed by atoms with Crippen LogP contribution in [0, 0.1) is 0 Å². The molecule has 0 aliphatic carbocycles. The van der Waals surface area contributed by atoms with Crippen LogP contribution in [0.5, 0.6) is 0 Å². The Morgan fingerprint density at radius 3 is 3.08 bits per heavy atom. The zero-order valence-electron chi connectivity index (χ0n) is 6.11. The predicted octanol–water partition coefficient (Wildman–Crippen LogP) is 2.46. The molecule has 2 aromatic rings. The predicted molar refractivity (Wildman–Crippen MR) is 52.0 cm³/mol. The molecule has 0 aromatic carbocycles. The molecule has 0 N–H and O–H groups in total. The van der Waals surface area contributed by atoms with E-state index in [9.17, 15) is 0 Å². The van der Waals surface area contributed by atoms with Crippen LogP contribution < -0.4 is 0 Å². The average Bonchev–Trinajstić information content (AvgIpc) is 2.52. The fourth-order valence-electron chi connectivity index (χ4n) is 0.801. The minimum absolute atomic E-state index is 0.436. The summed E-state index contributed by atoms with van der Waals surface area (Å²) in [5.41, 5.74) is 2.41. The normalized spacial score (nSPS) is 10.8. The number of rotatable bonds is 1. The number of thioether (sulfide) groups is 1. The molecule has 0 atom stereocenters. The molecule has 0 radical (unpaired) electrons. The fourth-order valence-corrected chi connectivity index (χ4v) is 2.21. The van der Waals surface area contributed by atoms with Crippen molar-refractivity contribution in [2.75, 3.05) is 6.26 Å². The van der Waals surface area contributed by atoms with Gasteiger partial charge in [0, 0.05) is 0 Å². The molecular weight excluding hydrogens is 214 g/mol. The van der Waals surface area contributed by atoms with Crippen molar-refractivity contribution in [2.45, 2.75) is 5.16 Å². The standard InChI is InChI=1S/C6H4ClN3S2/c1-11-6-9-4(7)3-5(10-6)12-2-8-3/h2H,1H3. The third-order valence-corrected chi connectivity index (χ3v) is 2.85. The highest BCUT2D eigenvalue weighted by Gasteiger charge is 2.06. The monoisotopic (exact) mass is 217 g/mol. The van der Waals surface area contributed by atoms with E-state index in [-0.39, 0.29) is 0 Å². The number of aromatic nitrogens is 3. The average molecular weight is 218 g/mol. The minimum atomic E-state index is 0.436. The number of nitrogens with zero attached hydrogens (tertiary/aromatic N) is 3. The van der Waals surface area contributed by atoms with Gasteiger partial charge >= 0.3 is 0 Å². The lowest BCUT2D eigenvalue weighted by molar-refractivity contribution is 1.01. The molecule has 2 rings (SSSR count). The summed E-state index contributed by atoms with van der Waals surface area (Å²) in [6.45, 7) is 0. The first-order valence-electron chi connectivity index (χ1n) is 3.12. The van der Waals surface area contributed by atoms with Crippen LogP contribution in [0.15, 0.2) is 10.7 Å². The third-order valence-electron chi connectivity index (χ3n) is 1.32. The van der Waals surface area contributed by atoms with E-state index in [0.717, 1.165) is 4.83 Å². The topological polar surface area (TPSA) is 38.7 Å². The Morgan fingerprint density at radius 1 is 1.50 bits per heavy atom. The Kier molecular flexibility index (Phi) is 2.16. The highest BCUT2D eigenvalue weighted by molar-refractivity contribution is 7.98. The van der Waals surface area contributed by atoms with Crippen molar-refractivity contribution < 1.29 is 0 Å². The zero-order valence-corrected chi connectivity index (χ0v) is 8.50.